The number of urea groups is 1. The summed E-state index contributed by atoms with van der Waals surface area (Å²) < 4.78 is 5.17. The molecular weight excluding hydrogens is 320 g/mol. The van der Waals surface area contributed by atoms with E-state index in [1.807, 2.05) is 19.1 Å². The van der Waals surface area contributed by atoms with Gasteiger partial charge in [0.15, 0.2) is 0 Å². The number of carbonyl (C=O) groups is 2. The predicted molar refractivity (Wildman–Crippen MR) is 96.8 cm³/mol. The highest BCUT2D eigenvalue weighted by Gasteiger charge is 2.26. The Labute approximate surface area is 149 Å². The number of rotatable bonds is 6. The smallest absolute Gasteiger partial charge is 0.321 e. The average molecular weight is 348 g/mol. The van der Waals surface area contributed by atoms with Gasteiger partial charge >= 0.3 is 6.03 Å². The average Bonchev–Trinajstić information content (AvgIpc) is 2.66. The molecule has 1 aromatic rings. The molecule has 1 saturated heterocycles. The van der Waals surface area contributed by atoms with Crippen molar-refractivity contribution in [2.24, 2.45) is 0 Å². The zero-order valence-electron chi connectivity index (χ0n) is 15.2. The van der Waals surface area contributed by atoms with Crippen LogP contribution in [0.5, 0.6) is 5.75 Å². The van der Waals surface area contributed by atoms with Crippen LogP contribution in [0.4, 0.5) is 4.79 Å². The maximum atomic E-state index is 12.0. The van der Waals surface area contributed by atoms with Gasteiger partial charge in [0.05, 0.1) is 13.2 Å². The summed E-state index contributed by atoms with van der Waals surface area (Å²) in [7, 11) is 3.17. The monoisotopic (exact) mass is 348 g/mol. The highest BCUT2D eigenvalue weighted by molar-refractivity contribution is 5.96. The summed E-state index contributed by atoms with van der Waals surface area (Å²) in [5.74, 6) is 0.618. The van der Waals surface area contributed by atoms with Crippen molar-refractivity contribution >= 4 is 11.9 Å². The largest absolute Gasteiger partial charge is 0.497 e. The molecule has 3 amide bonds. The molecule has 0 spiro atoms. The number of nitrogens with zero attached hydrogens (tertiary/aromatic N) is 2. The minimum Gasteiger partial charge on any atom is -0.497 e. The summed E-state index contributed by atoms with van der Waals surface area (Å²) in [6.07, 6.45) is 0.997. The molecule has 0 unspecified atom stereocenters. The van der Waals surface area contributed by atoms with Gasteiger partial charge in [0, 0.05) is 39.8 Å². The number of hydrogen-bond donors (Lipinski definition) is 2. The number of amides is 3. The second-order valence-corrected chi connectivity index (χ2v) is 6.22. The first kappa shape index (κ1) is 19.2. The summed E-state index contributed by atoms with van der Waals surface area (Å²) in [5.41, 5.74) is 1.29. The molecule has 1 aromatic carbocycles. The Morgan fingerprint density at radius 2 is 1.80 bits per heavy atom. The molecule has 0 saturated carbocycles. The van der Waals surface area contributed by atoms with Crippen LogP contribution in [-0.4, -0.2) is 74.7 Å². The Morgan fingerprint density at radius 1 is 1.16 bits per heavy atom. The van der Waals surface area contributed by atoms with Crippen molar-refractivity contribution in [3.63, 3.8) is 0 Å². The fourth-order valence-corrected chi connectivity index (χ4v) is 2.90. The molecule has 1 aliphatic heterocycles. The number of hydrogen-bond acceptors (Lipinski definition) is 5. The van der Waals surface area contributed by atoms with Crippen LogP contribution in [0.25, 0.3) is 0 Å². The topological polar surface area (TPSA) is 73.9 Å². The van der Waals surface area contributed by atoms with Crippen molar-refractivity contribution in [1.29, 1.82) is 0 Å². The zero-order chi connectivity index (χ0) is 18.2. The Kier molecular flexibility index (Phi) is 7.21. The standard InChI is InChI=1S/C18H28N4O3/c1-14(17(23)20-18(24)19-2)22-12-10-21(11-13-22)9-8-15-4-6-16(25-3)7-5-15/h4-7,14H,8-13H2,1-3H3,(H2,19,20,23,24)/t14-/m0/s1. The minimum absolute atomic E-state index is 0.258. The molecule has 0 bridgehead atoms. The van der Waals surface area contributed by atoms with Gasteiger partial charge < -0.3 is 15.0 Å². The summed E-state index contributed by atoms with van der Waals surface area (Å²) in [6, 6.07) is 7.40. The quantitative estimate of drug-likeness (QED) is 0.792. The van der Waals surface area contributed by atoms with Crippen molar-refractivity contribution in [2.75, 3.05) is 46.9 Å². The van der Waals surface area contributed by atoms with Gasteiger partial charge in [-0.15, -0.1) is 0 Å². The predicted octanol–water partition coefficient (Wildman–Crippen LogP) is 0.699. The molecule has 1 heterocycles. The van der Waals surface area contributed by atoms with Crippen LogP contribution in [0, 0.1) is 0 Å². The Morgan fingerprint density at radius 3 is 2.36 bits per heavy atom. The lowest BCUT2D eigenvalue weighted by atomic mass is 10.1. The molecule has 25 heavy (non-hydrogen) atoms. The third kappa shape index (κ3) is 5.72. The van der Waals surface area contributed by atoms with Crippen LogP contribution >= 0.6 is 0 Å². The summed E-state index contributed by atoms with van der Waals surface area (Å²) in [4.78, 5) is 27.8. The first-order valence-electron chi connectivity index (χ1n) is 8.65. The van der Waals surface area contributed by atoms with E-state index in [0.717, 1.165) is 44.9 Å². The number of benzene rings is 1. The highest BCUT2D eigenvalue weighted by atomic mass is 16.5. The van der Waals surface area contributed by atoms with Gasteiger partial charge in [-0.2, -0.15) is 0 Å². The molecule has 0 aliphatic carbocycles. The van der Waals surface area contributed by atoms with Crippen LogP contribution < -0.4 is 15.4 Å². The van der Waals surface area contributed by atoms with Gasteiger partial charge in [-0.3, -0.25) is 15.0 Å². The molecule has 7 nitrogen and oxygen atoms in total. The molecule has 1 atom stereocenters. The molecule has 0 aromatic heterocycles. The van der Waals surface area contributed by atoms with Crippen LogP contribution in [0.1, 0.15) is 12.5 Å². The fourth-order valence-electron chi connectivity index (χ4n) is 2.90. The number of ether oxygens (including phenoxy) is 1. The first-order valence-corrected chi connectivity index (χ1v) is 8.65. The lowest BCUT2D eigenvalue weighted by Crippen LogP contribution is -2.55. The van der Waals surface area contributed by atoms with Crippen LogP contribution in [0.2, 0.25) is 0 Å². The van der Waals surface area contributed by atoms with E-state index in [-0.39, 0.29) is 11.9 Å². The number of nitrogens with one attached hydrogen (secondary N) is 2. The van der Waals surface area contributed by atoms with E-state index in [2.05, 4.69) is 32.6 Å². The van der Waals surface area contributed by atoms with Crippen molar-refractivity contribution in [1.82, 2.24) is 20.4 Å². The molecule has 7 heteroatoms. The normalized spacial score (nSPS) is 16.9. The maximum Gasteiger partial charge on any atom is 0.321 e. The second-order valence-electron chi connectivity index (χ2n) is 6.22. The summed E-state index contributed by atoms with van der Waals surface area (Å²) >= 11 is 0. The van der Waals surface area contributed by atoms with Gasteiger partial charge in [-0.1, -0.05) is 12.1 Å². The lowest BCUT2D eigenvalue weighted by Gasteiger charge is -2.37. The van der Waals surface area contributed by atoms with Crippen LogP contribution in [0.3, 0.4) is 0 Å². The fraction of sp³-hybridized carbons (Fsp3) is 0.556. The van der Waals surface area contributed by atoms with E-state index in [0.29, 0.717) is 0 Å². The van der Waals surface area contributed by atoms with Gasteiger partial charge in [0.2, 0.25) is 5.91 Å². The summed E-state index contributed by atoms with van der Waals surface area (Å²) in [5, 5.41) is 4.73. The molecular formula is C18H28N4O3. The molecule has 0 radical (unpaired) electrons. The van der Waals surface area contributed by atoms with Crippen molar-refractivity contribution in [3.05, 3.63) is 29.8 Å². The third-order valence-electron chi connectivity index (χ3n) is 4.67. The van der Waals surface area contributed by atoms with Crippen LogP contribution in [-0.2, 0) is 11.2 Å². The van der Waals surface area contributed by atoms with Gasteiger partial charge in [0.25, 0.3) is 0 Å². The molecule has 1 fully saturated rings. The lowest BCUT2D eigenvalue weighted by molar-refractivity contribution is -0.125. The molecule has 138 valence electrons. The minimum atomic E-state index is -0.463. The number of methoxy groups -OCH3 is 1. The highest BCUT2D eigenvalue weighted by Crippen LogP contribution is 2.13. The van der Waals surface area contributed by atoms with E-state index in [4.69, 9.17) is 4.74 Å². The van der Waals surface area contributed by atoms with Crippen LogP contribution in [0.15, 0.2) is 24.3 Å². The molecule has 2 rings (SSSR count). The van der Waals surface area contributed by atoms with Gasteiger partial charge in [-0.05, 0) is 31.0 Å². The molecule has 1 aliphatic rings. The Bertz CT molecular complexity index is 568. The van der Waals surface area contributed by atoms with Gasteiger partial charge in [-0.25, -0.2) is 4.79 Å². The Hall–Kier alpha value is -2.12. The van der Waals surface area contributed by atoms with E-state index in [1.165, 1.54) is 12.6 Å². The second kappa shape index (κ2) is 9.39. The van der Waals surface area contributed by atoms with Gasteiger partial charge in [0.1, 0.15) is 5.75 Å². The summed E-state index contributed by atoms with van der Waals surface area (Å²) in [6.45, 7) is 6.33. The van der Waals surface area contributed by atoms with E-state index >= 15 is 0 Å². The number of imide groups is 1. The van der Waals surface area contributed by atoms with Crippen molar-refractivity contribution in [2.45, 2.75) is 19.4 Å². The van der Waals surface area contributed by atoms with Crippen molar-refractivity contribution in [3.8, 4) is 5.75 Å². The van der Waals surface area contributed by atoms with E-state index in [9.17, 15) is 9.59 Å². The number of carbonyl (C=O) groups excluding carboxylic acids is 2. The molecule has 2 N–H and O–H groups in total. The maximum absolute atomic E-state index is 12.0. The third-order valence-corrected chi connectivity index (χ3v) is 4.67. The van der Waals surface area contributed by atoms with E-state index in [1.54, 1.807) is 7.11 Å². The van der Waals surface area contributed by atoms with Crippen molar-refractivity contribution < 1.29 is 14.3 Å². The first-order chi connectivity index (χ1) is 12.0. The Balaban J connectivity index is 1.73. The van der Waals surface area contributed by atoms with E-state index < -0.39 is 6.03 Å². The SMILES string of the molecule is CNC(=O)NC(=O)[C@H](C)N1CCN(CCc2ccc(OC)cc2)CC1. The zero-order valence-corrected chi connectivity index (χ0v) is 15.2. The number of piperazine rings is 1.